The number of nitrogens with one attached hydrogen (secondary N) is 2. The first-order chi connectivity index (χ1) is 11.6. The Labute approximate surface area is 136 Å². The van der Waals surface area contributed by atoms with Gasteiger partial charge >= 0.3 is 6.03 Å². The van der Waals surface area contributed by atoms with Gasteiger partial charge in [-0.2, -0.15) is 5.10 Å². The molecule has 3 amide bonds. The Balaban J connectivity index is 1.86. The van der Waals surface area contributed by atoms with Gasteiger partial charge in [0.2, 0.25) is 0 Å². The normalized spacial score (nSPS) is 10.5. The van der Waals surface area contributed by atoms with E-state index in [1.54, 1.807) is 22.9 Å². The molecule has 2 heterocycles. The van der Waals surface area contributed by atoms with Crippen molar-refractivity contribution in [1.82, 2.24) is 19.7 Å². The first-order valence-electron chi connectivity index (χ1n) is 7.22. The quantitative estimate of drug-likeness (QED) is 0.671. The van der Waals surface area contributed by atoms with Gasteiger partial charge < -0.3 is 16.4 Å². The number of carbonyl (C=O) groups is 2. The average Bonchev–Trinajstić information content (AvgIpc) is 2.94. The molecule has 0 aliphatic heterocycles. The van der Waals surface area contributed by atoms with Crippen molar-refractivity contribution in [2.75, 3.05) is 10.6 Å². The fourth-order valence-corrected chi connectivity index (χ4v) is 2.34. The number of rotatable bonds is 4. The summed E-state index contributed by atoms with van der Waals surface area (Å²) in [5.41, 5.74) is 7.29. The Hall–Kier alpha value is -3.49. The third-order valence-corrected chi connectivity index (χ3v) is 3.36. The molecule has 0 radical (unpaired) electrons. The van der Waals surface area contributed by atoms with E-state index in [9.17, 15) is 9.59 Å². The fourth-order valence-electron chi connectivity index (χ4n) is 2.34. The predicted octanol–water partition coefficient (Wildman–Crippen LogP) is 1.59. The molecule has 0 bridgehead atoms. The third-order valence-electron chi connectivity index (χ3n) is 3.36. The zero-order chi connectivity index (χ0) is 17.1. The summed E-state index contributed by atoms with van der Waals surface area (Å²) >= 11 is 0. The van der Waals surface area contributed by atoms with Crippen LogP contribution in [0.3, 0.4) is 0 Å². The van der Waals surface area contributed by atoms with Crippen LogP contribution in [0.15, 0.2) is 36.9 Å². The van der Waals surface area contributed by atoms with Gasteiger partial charge in [-0.15, -0.1) is 0 Å². The van der Waals surface area contributed by atoms with Gasteiger partial charge in [-0.25, -0.2) is 14.8 Å². The van der Waals surface area contributed by atoms with Gasteiger partial charge in [0.15, 0.2) is 5.69 Å². The molecule has 9 nitrogen and oxygen atoms in total. The molecule has 2 aromatic heterocycles. The summed E-state index contributed by atoms with van der Waals surface area (Å²) in [5, 5.41) is 10.1. The average molecular weight is 325 g/mol. The highest BCUT2D eigenvalue weighted by Gasteiger charge is 2.15. The number of fused-ring (bicyclic) bond motifs is 1. The lowest BCUT2D eigenvalue weighted by Gasteiger charge is -2.07. The second-order valence-corrected chi connectivity index (χ2v) is 4.97. The summed E-state index contributed by atoms with van der Waals surface area (Å²) in [4.78, 5) is 31.2. The van der Waals surface area contributed by atoms with Crippen molar-refractivity contribution in [3.63, 3.8) is 0 Å². The number of aromatic nitrogens is 4. The molecule has 0 saturated heterocycles. The monoisotopic (exact) mass is 325 g/mol. The second kappa shape index (κ2) is 6.32. The molecule has 0 saturated carbocycles. The van der Waals surface area contributed by atoms with Crippen LogP contribution in [-0.2, 0) is 6.54 Å². The van der Waals surface area contributed by atoms with Crippen molar-refractivity contribution in [2.24, 2.45) is 5.73 Å². The lowest BCUT2D eigenvalue weighted by atomic mass is 10.2. The minimum absolute atomic E-state index is 0.173. The Morgan fingerprint density at radius 1 is 1.17 bits per heavy atom. The van der Waals surface area contributed by atoms with Gasteiger partial charge in [0, 0.05) is 17.6 Å². The molecule has 122 valence electrons. The van der Waals surface area contributed by atoms with Gasteiger partial charge in [-0.3, -0.25) is 9.48 Å². The van der Waals surface area contributed by atoms with E-state index >= 15 is 0 Å². The summed E-state index contributed by atoms with van der Waals surface area (Å²) in [6, 6.07) is 4.71. The Morgan fingerprint density at radius 2 is 1.88 bits per heavy atom. The largest absolute Gasteiger partial charge is 0.364 e. The number of benzene rings is 1. The van der Waals surface area contributed by atoms with Crippen molar-refractivity contribution in [3.8, 4) is 0 Å². The van der Waals surface area contributed by atoms with Crippen molar-refractivity contribution < 1.29 is 9.59 Å². The molecule has 9 heteroatoms. The Morgan fingerprint density at radius 3 is 2.54 bits per heavy atom. The number of carbonyl (C=O) groups excluding carboxylic acids is 2. The van der Waals surface area contributed by atoms with E-state index in [2.05, 4.69) is 25.7 Å². The minimum atomic E-state index is -0.616. The van der Waals surface area contributed by atoms with Crippen LogP contribution < -0.4 is 16.4 Å². The first kappa shape index (κ1) is 15.4. The van der Waals surface area contributed by atoms with Crippen molar-refractivity contribution >= 4 is 34.2 Å². The van der Waals surface area contributed by atoms with E-state index in [-0.39, 0.29) is 5.69 Å². The van der Waals surface area contributed by atoms with E-state index in [1.165, 1.54) is 18.7 Å². The number of primary amides is 1. The zero-order valence-corrected chi connectivity index (χ0v) is 12.9. The molecule has 3 rings (SSSR count). The molecule has 0 atom stereocenters. The number of anilines is 2. The lowest BCUT2D eigenvalue weighted by molar-refractivity contribution is 0.0996. The molecule has 0 unspecified atom stereocenters. The third kappa shape index (κ3) is 3.00. The predicted molar refractivity (Wildman–Crippen MR) is 88.6 cm³/mol. The number of hydrogen-bond acceptors (Lipinski definition) is 5. The second-order valence-electron chi connectivity index (χ2n) is 4.97. The SMILES string of the molecule is CCn1nc(C(N)=O)c2cc(NC(=O)Nc3cncnc3)ccc21. The van der Waals surface area contributed by atoms with Crippen molar-refractivity contribution in [3.05, 3.63) is 42.6 Å². The summed E-state index contributed by atoms with van der Waals surface area (Å²) < 4.78 is 1.68. The molecule has 0 fully saturated rings. The summed E-state index contributed by atoms with van der Waals surface area (Å²) in [6.45, 7) is 2.52. The first-order valence-corrected chi connectivity index (χ1v) is 7.22. The molecule has 0 aliphatic rings. The van der Waals surface area contributed by atoms with E-state index in [0.717, 1.165) is 5.52 Å². The number of nitrogens with zero attached hydrogens (tertiary/aromatic N) is 4. The van der Waals surface area contributed by atoms with Crippen LogP contribution in [0.4, 0.5) is 16.2 Å². The number of urea groups is 1. The highest BCUT2D eigenvalue weighted by atomic mass is 16.2. The van der Waals surface area contributed by atoms with Gasteiger partial charge in [-0.05, 0) is 25.1 Å². The fraction of sp³-hybridized carbons (Fsp3) is 0.133. The van der Waals surface area contributed by atoms with Gasteiger partial charge in [0.25, 0.3) is 5.91 Å². The zero-order valence-electron chi connectivity index (χ0n) is 12.9. The summed E-state index contributed by atoms with van der Waals surface area (Å²) in [7, 11) is 0. The maximum Gasteiger partial charge on any atom is 0.323 e. The number of nitrogens with two attached hydrogens (primary N) is 1. The van der Waals surface area contributed by atoms with Gasteiger partial charge in [0.1, 0.15) is 6.33 Å². The molecule has 0 spiro atoms. The Bertz CT molecular complexity index is 905. The topological polar surface area (TPSA) is 128 Å². The van der Waals surface area contributed by atoms with Crippen LogP contribution in [-0.4, -0.2) is 31.7 Å². The number of hydrogen-bond donors (Lipinski definition) is 3. The standard InChI is InChI=1S/C15H15N7O2/c1-2-22-12-4-3-9(5-11(12)13(21-22)14(16)23)19-15(24)20-10-6-17-8-18-7-10/h3-8H,2H2,1H3,(H2,16,23)(H2,19,20,24). The minimum Gasteiger partial charge on any atom is -0.364 e. The van der Waals surface area contributed by atoms with Crippen LogP contribution in [0.5, 0.6) is 0 Å². The maximum absolute atomic E-state index is 12.0. The highest BCUT2D eigenvalue weighted by molar-refractivity contribution is 6.06. The molecule has 1 aromatic carbocycles. The maximum atomic E-state index is 12.0. The van der Waals surface area contributed by atoms with E-state index in [4.69, 9.17) is 5.73 Å². The Kier molecular flexibility index (Phi) is 4.06. The molecular formula is C15H15N7O2. The van der Waals surface area contributed by atoms with Crippen LogP contribution in [0, 0.1) is 0 Å². The van der Waals surface area contributed by atoms with Crippen LogP contribution >= 0.6 is 0 Å². The van der Waals surface area contributed by atoms with Crippen LogP contribution in [0.2, 0.25) is 0 Å². The highest BCUT2D eigenvalue weighted by Crippen LogP contribution is 2.23. The van der Waals surface area contributed by atoms with Crippen LogP contribution in [0.1, 0.15) is 17.4 Å². The number of aryl methyl sites for hydroxylation is 1. The number of amides is 3. The van der Waals surface area contributed by atoms with Gasteiger partial charge in [0.05, 0.1) is 23.6 Å². The molecular weight excluding hydrogens is 310 g/mol. The molecule has 0 aliphatic carbocycles. The van der Waals surface area contributed by atoms with E-state index < -0.39 is 11.9 Å². The summed E-state index contributed by atoms with van der Waals surface area (Å²) in [5.74, 6) is -0.616. The lowest BCUT2D eigenvalue weighted by Crippen LogP contribution is -2.19. The molecule has 24 heavy (non-hydrogen) atoms. The smallest absolute Gasteiger partial charge is 0.323 e. The molecule has 3 aromatic rings. The van der Waals surface area contributed by atoms with Crippen LogP contribution in [0.25, 0.3) is 10.9 Å². The molecule has 4 N–H and O–H groups in total. The van der Waals surface area contributed by atoms with E-state index in [1.807, 2.05) is 6.92 Å². The van der Waals surface area contributed by atoms with Crippen molar-refractivity contribution in [1.29, 1.82) is 0 Å². The van der Waals surface area contributed by atoms with Crippen molar-refractivity contribution in [2.45, 2.75) is 13.5 Å². The van der Waals surface area contributed by atoms with Gasteiger partial charge in [-0.1, -0.05) is 0 Å². The van der Waals surface area contributed by atoms with E-state index in [0.29, 0.717) is 23.3 Å². The summed E-state index contributed by atoms with van der Waals surface area (Å²) in [6.07, 6.45) is 4.33.